The molecule has 1 aliphatic rings. The van der Waals surface area contributed by atoms with Gasteiger partial charge in [0.2, 0.25) is 0 Å². The van der Waals surface area contributed by atoms with Crippen molar-refractivity contribution in [2.75, 3.05) is 11.5 Å². The van der Waals surface area contributed by atoms with Gasteiger partial charge in [0.25, 0.3) is 0 Å². The number of aliphatic hydroxyl groups is 1. The Bertz CT molecular complexity index is 278. The van der Waals surface area contributed by atoms with Crippen molar-refractivity contribution in [1.82, 2.24) is 4.98 Å². The molecule has 1 N–H and O–H groups in total. The Labute approximate surface area is 88.8 Å². The average molecular weight is 209 g/mol. The lowest BCUT2D eigenvalue weighted by Crippen LogP contribution is -2.18. The van der Waals surface area contributed by atoms with Crippen molar-refractivity contribution in [3.05, 3.63) is 30.1 Å². The Kier molecular flexibility index (Phi) is 3.43. The summed E-state index contributed by atoms with van der Waals surface area (Å²) in [5.41, 5.74) is 1.32. The van der Waals surface area contributed by atoms with Gasteiger partial charge in [-0.2, -0.15) is 11.8 Å². The molecule has 0 bridgehead atoms. The molecule has 2 atom stereocenters. The van der Waals surface area contributed by atoms with Crippen LogP contribution in [0.25, 0.3) is 0 Å². The minimum atomic E-state index is -0.0816. The lowest BCUT2D eigenvalue weighted by molar-refractivity contribution is 0.145. The molecule has 2 rings (SSSR count). The van der Waals surface area contributed by atoms with Crippen LogP contribution in [0.1, 0.15) is 12.0 Å². The average Bonchev–Trinajstić information content (AvgIpc) is 2.63. The summed E-state index contributed by atoms with van der Waals surface area (Å²) in [4.78, 5) is 3.99. The van der Waals surface area contributed by atoms with E-state index >= 15 is 0 Å². The smallest absolute Gasteiger partial charge is 0.0666 e. The first-order valence-electron chi connectivity index (χ1n) is 5.01. The molecule has 0 aliphatic carbocycles. The van der Waals surface area contributed by atoms with Crippen LogP contribution < -0.4 is 0 Å². The number of pyridine rings is 1. The van der Waals surface area contributed by atoms with E-state index in [1.54, 1.807) is 0 Å². The van der Waals surface area contributed by atoms with E-state index in [1.807, 2.05) is 24.2 Å². The number of aliphatic hydroxyl groups excluding tert-OH is 1. The summed E-state index contributed by atoms with van der Waals surface area (Å²) < 4.78 is 0. The van der Waals surface area contributed by atoms with Crippen molar-refractivity contribution in [1.29, 1.82) is 0 Å². The van der Waals surface area contributed by atoms with Crippen LogP contribution in [0.3, 0.4) is 0 Å². The lowest BCUT2D eigenvalue weighted by atomic mass is 9.98. The Balaban J connectivity index is 1.82. The first kappa shape index (κ1) is 9.99. The van der Waals surface area contributed by atoms with Crippen LogP contribution in [0, 0.1) is 5.92 Å². The molecule has 1 aromatic heterocycles. The molecular formula is C11H15NOS. The number of aryl methyl sites for hydroxylation is 1. The van der Waals surface area contributed by atoms with Gasteiger partial charge in [-0.3, -0.25) is 4.98 Å². The fraction of sp³-hybridized carbons (Fsp3) is 0.545. The first-order valence-corrected chi connectivity index (χ1v) is 6.16. The van der Waals surface area contributed by atoms with Gasteiger partial charge < -0.3 is 5.11 Å². The van der Waals surface area contributed by atoms with Gasteiger partial charge in [0, 0.05) is 18.1 Å². The van der Waals surface area contributed by atoms with Gasteiger partial charge in [0.1, 0.15) is 0 Å². The first-order chi connectivity index (χ1) is 6.86. The van der Waals surface area contributed by atoms with E-state index in [2.05, 4.69) is 17.1 Å². The quantitative estimate of drug-likeness (QED) is 0.823. The Morgan fingerprint density at radius 2 is 2.14 bits per heavy atom. The SMILES string of the molecule is OC1CSCC1CCc1ccncc1. The second-order valence-corrected chi connectivity index (χ2v) is 4.83. The lowest BCUT2D eigenvalue weighted by Gasteiger charge is -2.12. The summed E-state index contributed by atoms with van der Waals surface area (Å²) in [6, 6.07) is 4.10. The van der Waals surface area contributed by atoms with Crippen molar-refractivity contribution >= 4 is 11.8 Å². The third-order valence-corrected chi connectivity index (χ3v) is 3.96. The van der Waals surface area contributed by atoms with Crippen LogP contribution in [0.4, 0.5) is 0 Å². The summed E-state index contributed by atoms with van der Waals surface area (Å²) in [6.07, 6.45) is 5.73. The fourth-order valence-corrected chi connectivity index (χ4v) is 3.11. The maximum Gasteiger partial charge on any atom is 0.0666 e. The molecule has 2 nitrogen and oxygen atoms in total. The van der Waals surface area contributed by atoms with Gasteiger partial charge in [-0.05, 0) is 42.2 Å². The molecule has 3 heteroatoms. The number of aromatic nitrogens is 1. The predicted octanol–water partition coefficient (Wildman–Crippen LogP) is 1.74. The summed E-state index contributed by atoms with van der Waals surface area (Å²) in [5, 5.41) is 9.63. The van der Waals surface area contributed by atoms with Crippen molar-refractivity contribution in [2.45, 2.75) is 18.9 Å². The number of hydrogen-bond donors (Lipinski definition) is 1. The van der Waals surface area contributed by atoms with E-state index in [-0.39, 0.29) is 6.10 Å². The minimum Gasteiger partial charge on any atom is -0.392 e. The maximum atomic E-state index is 9.63. The molecule has 2 heterocycles. The molecule has 1 saturated heterocycles. The molecule has 14 heavy (non-hydrogen) atoms. The second-order valence-electron chi connectivity index (χ2n) is 3.76. The van der Waals surface area contributed by atoms with E-state index in [0.717, 1.165) is 24.3 Å². The molecule has 1 fully saturated rings. The molecule has 0 spiro atoms. The summed E-state index contributed by atoms with van der Waals surface area (Å²) in [6.45, 7) is 0. The topological polar surface area (TPSA) is 33.1 Å². The summed E-state index contributed by atoms with van der Waals surface area (Å²) in [5.74, 6) is 2.53. The number of hydrogen-bond acceptors (Lipinski definition) is 3. The van der Waals surface area contributed by atoms with Crippen molar-refractivity contribution < 1.29 is 5.11 Å². The fourth-order valence-electron chi connectivity index (χ4n) is 1.76. The minimum absolute atomic E-state index is 0.0816. The standard InChI is InChI=1S/C11H15NOS/c13-11-8-14-7-10(11)2-1-9-3-5-12-6-4-9/h3-6,10-11,13H,1-2,7-8H2. The van der Waals surface area contributed by atoms with Crippen molar-refractivity contribution in [3.8, 4) is 0 Å². The van der Waals surface area contributed by atoms with Crippen LogP contribution in [-0.4, -0.2) is 27.7 Å². The van der Waals surface area contributed by atoms with E-state index in [9.17, 15) is 5.11 Å². The van der Waals surface area contributed by atoms with Crippen LogP contribution in [0.15, 0.2) is 24.5 Å². The van der Waals surface area contributed by atoms with E-state index in [4.69, 9.17) is 0 Å². The zero-order valence-electron chi connectivity index (χ0n) is 8.10. The van der Waals surface area contributed by atoms with Gasteiger partial charge in [0.15, 0.2) is 0 Å². The molecule has 1 aromatic rings. The van der Waals surface area contributed by atoms with Crippen LogP contribution in [0.2, 0.25) is 0 Å². The van der Waals surface area contributed by atoms with E-state index in [0.29, 0.717) is 5.92 Å². The monoisotopic (exact) mass is 209 g/mol. The highest BCUT2D eigenvalue weighted by Crippen LogP contribution is 2.27. The molecule has 2 unspecified atom stereocenters. The summed E-state index contributed by atoms with van der Waals surface area (Å²) in [7, 11) is 0. The Morgan fingerprint density at radius 1 is 1.36 bits per heavy atom. The zero-order valence-corrected chi connectivity index (χ0v) is 8.91. The number of thioether (sulfide) groups is 1. The highest BCUT2D eigenvalue weighted by atomic mass is 32.2. The normalized spacial score (nSPS) is 26.6. The number of nitrogens with zero attached hydrogens (tertiary/aromatic N) is 1. The molecule has 76 valence electrons. The van der Waals surface area contributed by atoms with Gasteiger partial charge in [-0.1, -0.05) is 0 Å². The zero-order chi connectivity index (χ0) is 9.80. The van der Waals surface area contributed by atoms with Crippen LogP contribution in [0.5, 0.6) is 0 Å². The number of rotatable bonds is 3. The third kappa shape index (κ3) is 2.49. The Morgan fingerprint density at radius 3 is 2.79 bits per heavy atom. The van der Waals surface area contributed by atoms with Gasteiger partial charge in [-0.25, -0.2) is 0 Å². The van der Waals surface area contributed by atoms with Gasteiger partial charge in [-0.15, -0.1) is 0 Å². The van der Waals surface area contributed by atoms with Gasteiger partial charge in [0.05, 0.1) is 6.10 Å². The van der Waals surface area contributed by atoms with Gasteiger partial charge >= 0.3 is 0 Å². The van der Waals surface area contributed by atoms with E-state index in [1.165, 1.54) is 5.56 Å². The molecule has 0 amide bonds. The largest absolute Gasteiger partial charge is 0.392 e. The van der Waals surface area contributed by atoms with Crippen molar-refractivity contribution in [2.24, 2.45) is 5.92 Å². The molecule has 1 aliphatic heterocycles. The van der Waals surface area contributed by atoms with Crippen LogP contribution in [-0.2, 0) is 6.42 Å². The predicted molar refractivity (Wildman–Crippen MR) is 59.4 cm³/mol. The highest BCUT2D eigenvalue weighted by molar-refractivity contribution is 7.99. The third-order valence-electron chi connectivity index (χ3n) is 2.72. The second kappa shape index (κ2) is 4.80. The molecular weight excluding hydrogens is 194 g/mol. The highest BCUT2D eigenvalue weighted by Gasteiger charge is 2.24. The summed E-state index contributed by atoms with van der Waals surface area (Å²) >= 11 is 1.86. The molecule has 0 radical (unpaired) electrons. The Hall–Kier alpha value is -0.540. The van der Waals surface area contributed by atoms with Crippen LogP contribution >= 0.6 is 11.8 Å². The maximum absolute atomic E-state index is 9.63. The molecule has 0 saturated carbocycles. The molecule has 0 aromatic carbocycles. The van der Waals surface area contributed by atoms with Crippen molar-refractivity contribution in [3.63, 3.8) is 0 Å². The van der Waals surface area contributed by atoms with E-state index < -0.39 is 0 Å².